The van der Waals surface area contributed by atoms with Gasteiger partial charge in [0.1, 0.15) is 0 Å². The van der Waals surface area contributed by atoms with Crippen LogP contribution in [0.5, 0.6) is 0 Å². The molecule has 0 aliphatic rings. The number of alkyl halides is 11. The Labute approximate surface area is 122 Å². The fraction of sp³-hybridized carbons (Fsp3) is 0.636. The molecule has 136 valence electrons. The zero-order chi connectivity index (χ0) is 18.7. The summed E-state index contributed by atoms with van der Waals surface area (Å²) in [4.78, 5) is 0. The second-order valence-electron chi connectivity index (χ2n) is 4.32. The first-order chi connectivity index (χ1) is 9.96. The molecule has 0 heterocycles. The lowest BCUT2D eigenvalue weighted by atomic mass is 9.98. The molecule has 0 unspecified atom stereocenters. The lowest BCUT2D eigenvalue weighted by Crippen LogP contribution is -2.56. The van der Waals surface area contributed by atoms with E-state index in [2.05, 4.69) is 0 Å². The predicted molar refractivity (Wildman–Crippen MR) is 55.6 cm³/mol. The first-order valence-corrected chi connectivity index (χ1v) is 5.58. The average molecular weight is 366 g/mol. The van der Waals surface area contributed by atoms with Gasteiger partial charge in [-0.25, -0.2) is 0 Å². The summed E-state index contributed by atoms with van der Waals surface area (Å²) in [5, 5.41) is 8.68. The molecule has 0 saturated carbocycles. The Bertz CT molecular complexity index is 424. The minimum absolute atomic E-state index is 0.142. The van der Waals surface area contributed by atoms with Crippen molar-refractivity contribution in [2.75, 3.05) is 0 Å². The highest BCUT2D eigenvalue weighted by Gasteiger charge is 2.69. The third kappa shape index (κ3) is 5.36. The summed E-state index contributed by atoms with van der Waals surface area (Å²) >= 11 is 0. The van der Waals surface area contributed by atoms with E-state index in [4.69, 9.17) is 5.11 Å². The maximum absolute atomic E-state index is 12.4. The standard InChI is InChI=1S/C11H9F11O/c12-8(13,11(20,21)22)6-4-2-1-3-5-7(23,9(14,15)16)10(17,18)19/h1-4,23H,5-6H2. The molecule has 0 atom stereocenters. The summed E-state index contributed by atoms with van der Waals surface area (Å²) < 4.78 is 133. The minimum Gasteiger partial charge on any atom is -0.373 e. The summed E-state index contributed by atoms with van der Waals surface area (Å²) in [6.07, 6.45) is -20.6. The molecule has 0 aliphatic heterocycles. The molecule has 0 aromatic heterocycles. The van der Waals surface area contributed by atoms with Crippen molar-refractivity contribution in [1.29, 1.82) is 0 Å². The lowest BCUT2D eigenvalue weighted by Gasteiger charge is -2.31. The van der Waals surface area contributed by atoms with E-state index in [0.29, 0.717) is 12.2 Å². The fourth-order valence-corrected chi connectivity index (χ4v) is 1.12. The highest BCUT2D eigenvalue weighted by atomic mass is 19.4. The number of hydrogen-bond donors (Lipinski definition) is 1. The number of halogens is 11. The Morgan fingerprint density at radius 1 is 0.565 bits per heavy atom. The monoisotopic (exact) mass is 366 g/mol. The van der Waals surface area contributed by atoms with Gasteiger partial charge in [-0.15, -0.1) is 0 Å². The second-order valence-corrected chi connectivity index (χ2v) is 4.32. The molecule has 1 N–H and O–H groups in total. The second kappa shape index (κ2) is 6.65. The summed E-state index contributed by atoms with van der Waals surface area (Å²) in [6, 6.07) is 0. The smallest absolute Gasteiger partial charge is 0.373 e. The quantitative estimate of drug-likeness (QED) is 0.540. The SMILES string of the molecule is OC(CC=CC=CCC(F)(F)C(F)(F)F)(C(F)(F)F)C(F)(F)F. The van der Waals surface area contributed by atoms with E-state index < -0.39 is 42.9 Å². The summed E-state index contributed by atoms with van der Waals surface area (Å²) in [7, 11) is 0. The third-order valence-electron chi connectivity index (χ3n) is 2.52. The number of rotatable bonds is 5. The van der Waals surface area contributed by atoms with Crippen LogP contribution in [-0.4, -0.2) is 35.2 Å². The van der Waals surface area contributed by atoms with Crippen molar-refractivity contribution in [3.63, 3.8) is 0 Å². The molecule has 0 aromatic rings. The zero-order valence-electron chi connectivity index (χ0n) is 10.8. The van der Waals surface area contributed by atoms with Crippen LogP contribution in [0.2, 0.25) is 0 Å². The Morgan fingerprint density at radius 2 is 0.913 bits per heavy atom. The van der Waals surface area contributed by atoms with Crippen molar-refractivity contribution >= 4 is 0 Å². The van der Waals surface area contributed by atoms with Gasteiger partial charge in [0.05, 0.1) is 0 Å². The highest BCUT2D eigenvalue weighted by Crippen LogP contribution is 2.45. The molecule has 12 heteroatoms. The van der Waals surface area contributed by atoms with Gasteiger partial charge in [-0.3, -0.25) is 0 Å². The molecule has 1 nitrogen and oxygen atoms in total. The van der Waals surface area contributed by atoms with Crippen LogP contribution in [0.1, 0.15) is 12.8 Å². The number of hydrogen-bond acceptors (Lipinski definition) is 1. The molecular formula is C11H9F11O. The number of aliphatic hydroxyl groups is 1. The molecular weight excluding hydrogens is 357 g/mol. The maximum atomic E-state index is 12.4. The molecule has 0 fully saturated rings. The van der Waals surface area contributed by atoms with Crippen LogP contribution in [-0.2, 0) is 0 Å². The molecule has 0 spiro atoms. The van der Waals surface area contributed by atoms with Gasteiger partial charge in [-0.05, 0) is 0 Å². The molecule has 0 aromatic carbocycles. The van der Waals surface area contributed by atoms with E-state index in [1.54, 1.807) is 0 Å². The van der Waals surface area contributed by atoms with Crippen LogP contribution >= 0.6 is 0 Å². The van der Waals surface area contributed by atoms with E-state index in [1.165, 1.54) is 0 Å². The predicted octanol–water partition coefficient (Wildman–Crippen LogP) is 4.93. The molecule has 0 aliphatic carbocycles. The van der Waals surface area contributed by atoms with Crippen LogP contribution in [0.4, 0.5) is 48.3 Å². The van der Waals surface area contributed by atoms with Crippen molar-refractivity contribution in [3.8, 4) is 0 Å². The molecule has 0 amide bonds. The molecule has 0 saturated heterocycles. The van der Waals surface area contributed by atoms with Crippen molar-refractivity contribution < 1.29 is 53.4 Å². The van der Waals surface area contributed by atoms with E-state index in [1.807, 2.05) is 0 Å². The van der Waals surface area contributed by atoms with Crippen LogP contribution in [0.25, 0.3) is 0 Å². The van der Waals surface area contributed by atoms with Crippen LogP contribution in [0, 0.1) is 0 Å². The molecule has 0 bridgehead atoms. The van der Waals surface area contributed by atoms with Gasteiger partial charge in [0.25, 0.3) is 5.60 Å². The van der Waals surface area contributed by atoms with Crippen LogP contribution < -0.4 is 0 Å². The van der Waals surface area contributed by atoms with Gasteiger partial charge in [0, 0.05) is 12.8 Å². The summed E-state index contributed by atoms with van der Waals surface area (Å²) in [5.41, 5.74) is -5.06. The van der Waals surface area contributed by atoms with Gasteiger partial charge in [0.2, 0.25) is 0 Å². The maximum Gasteiger partial charge on any atom is 0.453 e. The van der Waals surface area contributed by atoms with Crippen molar-refractivity contribution in [2.45, 2.75) is 42.9 Å². The first-order valence-electron chi connectivity index (χ1n) is 5.58. The number of allylic oxidation sites excluding steroid dienone is 3. The van der Waals surface area contributed by atoms with Crippen LogP contribution in [0.3, 0.4) is 0 Å². The fourth-order valence-electron chi connectivity index (χ4n) is 1.12. The van der Waals surface area contributed by atoms with E-state index in [-0.39, 0.29) is 12.2 Å². The van der Waals surface area contributed by atoms with Gasteiger partial charge in [-0.1, -0.05) is 24.3 Å². The third-order valence-corrected chi connectivity index (χ3v) is 2.52. The van der Waals surface area contributed by atoms with E-state index >= 15 is 0 Å². The highest BCUT2D eigenvalue weighted by molar-refractivity contribution is 5.08. The summed E-state index contributed by atoms with van der Waals surface area (Å²) in [5.74, 6) is -5.09. The minimum atomic E-state index is -6.05. The first kappa shape index (κ1) is 21.7. The average Bonchev–Trinajstić information content (AvgIpc) is 2.28. The Kier molecular flexibility index (Phi) is 6.27. The van der Waals surface area contributed by atoms with Gasteiger partial charge in [0.15, 0.2) is 0 Å². The lowest BCUT2D eigenvalue weighted by molar-refractivity contribution is -0.366. The summed E-state index contributed by atoms with van der Waals surface area (Å²) in [6.45, 7) is 0. The van der Waals surface area contributed by atoms with Gasteiger partial charge >= 0.3 is 24.5 Å². The normalized spacial score (nSPS) is 15.8. The zero-order valence-corrected chi connectivity index (χ0v) is 10.8. The Hall–Kier alpha value is -1.33. The molecule has 23 heavy (non-hydrogen) atoms. The van der Waals surface area contributed by atoms with Crippen molar-refractivity contribution in [2.24, 2.45) is 0 Å². The van der Waals surface area contributed by atoms with E-state index in [0.717, 1.165) is 0 Å². The topological polar surface area (TPSA) is 20.2 Å². The Morgan fingerprint density at radius 3 is 1.22 bits per heavy atom. The van der Waals surface area contributed by atoms with Gasteiger partial charge < -0.3 is 5.11 Å². The van der Waals surface area contributed by atoms with E-state index in [9.17, 15) is 48.3 Å². The molecule has 0 rings (SSSR count). The Balaban J connectivity index is 4.86. The van der Waals surface area contributed by atoms with Crippen molar-refractivity contribution in [3.05, 3.63) is 24.3 Å². The van der Waals surface area contributed by atoms with Crippen molar-refractivity contribution in [1.82, 2.24) is 0 Å². The van der Waals surface area contributed by atoms with Crippen LogP contribution in [0.15, 0.2) is 24.3 Å². The largest absolute Gasteiger partial charge is 0.453 e. The molecule has 0 radical (unpaired) electrons. The van der Waals surface area contributed by atoms with Gasteiger partial charge in [-0.2, -0.15) is 48.3 Å².